The molecule has 1 rings (SSSR count). The van der Waals surface area contributed by atoms with E-state index in [4.69, 9.17) is 5.26 Å². The summed E-state index contributed by atoms with van der Waals surface area (Å²) >= 11 is 0. The largest absolute Gasteiger partial charge is 0.356 e. The van der Waals surface area contributed by atoms with Gasteiger partial charge in [-0.05, 0) is 13.3 Å². The molecule has 1 aliphatic heterocycles. The lowest BCUT2D eigenvalue weighted by atomic mass is 10.3. The summed E-state index contributed by atoms with van der Waals surface area (Å²) in [5, 5.41) is 8.49. The van der Waals surface area contributed by atoms with Crippen LogP contribution in [-0.4, -0.2) is 29.1 Å². The van der Waals surface area contributed by atoms with E-state index < -0.39 is 0 Å². The van der Waals surface area contributed by atoms with Crippen molar-refractivity contribution in [2.75, 3.05) is 13.1 Å². The fraction of sp³-hybridized carbons (Fsp3) is 0.700. The Morgan fingerprint density at radius 1 is 1.31 bits per heavy atom. The molecule has 0 radical (unpaired) electrons. The monoisotopic (exact) mass is 179 g/mol. The maximum absolute atomic E-state index is 8.49. The van der Waals surface area contributed by atoms with Crippen molar-refractivity contribution in [3.05, 3.63) is 12.4 Å². The Morgan fingerprint density at radius 2 is 2.00 bits per heavy atom. The van der Waals surface area contributed by atoms with Crippen LogP contribution in [0.25, 0.3) is 0 Å². The highest BCUT2D eigenvalue weighted by atomic mass is 15.4. The van der Waals surface area contributed by atoms with Gasteiger partial charge in [0.25, 0.3) is 0 Å². The van der Waals surface area contributed by atoms with Gasteiger partial charge in [-0.1, -0.05) is 6.92 Å². The zero-order valence-electron chi connectivity index (χ0n) is 8.40. The molecule has 1 unspecified atom stereocenters. The highest BCUT2D eigenvalue weighted by Gasteiger charge is 2.22. The summed E-state index contributed by atoms with van der Waals surface area (Å²) < 4.78 is 0. The molecule has 3 nitrogen and oxygen atoms in total. The van der Waals surface area contributed by atoms with Gasteiger partial charge in [0.15, 0.2) is 0 Å². The minimum Gasteiger partial charge on any atom is -0.356 e. The molecule has 13 heavy (non-hydrogen) atoms. The lowest BCUT2D eigenvalue weighted by Crippen LogP contribution is -2.38. The smallest absolute Gasteiger partial charge is 0.100 e. The molecule has 0 saturated carbocycles. The van der Waals surface area contributed by atoms with Gasteiger partial charge in [-0.2, -0.15) is 5.26 Å². The first-order chi connectivity index (χ1) is 6.33. The Hall–Kier alpha value is -1.17. The topological polar surface area (TPSA) is 30.3 Å². The Morgan fingerprint density at radius 3 is 2.54 bits per heavy atom. The molecular formula is C10H17N3. The van der Waals surface area contributed by atoms with Crippen LogP contribution in [0.2, 0.25) is 0 Å². The Balaban J connectivity index is 2.48. The van der Waals surface area contributed by atoms with Crippen LogP contribution in [0.5, 0.6) is 0 Å². The van der Waals surface area contributed by atoms with Crippen molar-refractivity contribution in [3.8, 4) is 6.07 Å². The van der Waals surface area contributed by atoms with Crippen molar-refractivity contribution < 1.29 is 0 Å². The zero-order valence-corrected chi connectivity index (χ0v) is 8.40. The molecule has 0 fully saturated rings. The van der Waals surface area contributed by atoms with Gasteiger partial charge < -0.3 is 9.80 Å². The van der Waals surface area contributed by atoms with Crippen LogP contribution in [0.15, 0.2) is 12.4 Å². The van der Waals surface area contributed by atoms with E-state index in [1.807, 2.05) is 0 Å². The van der Waals surface area contributed by atoms with Gasteiger partial charge in [-0.15, -0.1) is 0 Å². The molecule has 0 aromatic rings. The number of hydrogen-bond acceptors (Lipinski definition) is 3. The van der Waals surface area contributed by atoms with E-state index in [-0.39, 0.29) is 0 Å². The van der Waals surface area contributed by atoms with E-state index in [0.29, 0.717) is 12.6 Å². The third kappa shape index (κ3) is 2.15. The highest BCUT2D eigenvalue weighted by Crippen LogP contribution is 2.17. The van der Waals surface area contributed by atoms with Crippen molar-refractivity contribution in [3.63, 3.8) is 0 Å². The number of nitrogens with zero attached hydrogens (tertiary/aromatic N) is 3. The third-order valence-electron chi connectivity index (χ3n) is 2.43. The van der Waals surface area contributed by atoms with Gasteiger partial charge in [0.2, 0.25) is 0 Å². The maximum Gasteiger partial charge on any atom is 0.100 e. The lowest BCUT2D eigenvalue weighted by Gasteiger charge is -2.30. The van der Waals surface area contributed by atoms with E-state index in [0.717, 1.165) is 19.5 Å². The molecule has 72 valence electrons. The molecule has 0 aliphatic carbocycles. The van der Waals surface area contributed by atoms with Gasteiger partial charge >= 0.3 is 0 Å². The Labute approximate surface area is 80.2 Å². The highest BCUT2D eigenvalue weighted by molar-refractivity contribution is 4.96. The average molecular weight is 179 g/mol. The number of hydrogen-bond donors (Lipinski definition) is 0. The van der Waals surface area contributed by atoms with E-state index in [2.05, 4.69) is 42.1 Å². The second kappa shape index (κ2) is 4.76. The van der Waals surface area contributed by atoms with Gasteiger partial charge in [-0.3, -0.25) is 0 Å². The van der Waals surface area contributed by atoms with Gasteiger partial charge in [-0.25, -0.2) is 0 Å². The predicted molar refractivity (Wildman–Crippen MR) is 52.5 cm³/mol. The first-order valence-corrected chi connectivity index (χ1v) is 4.90. The second-order valence-corrected chi connectivity index (χ2v) is 3.16. The molecule has 0 saturated heterocycles. The Kier molecular flexibility index (Phi) is 3.63. The van der Waals surface area contributed by atoms with Crippen molar-refractivity contribution >= 4 is 0 Å². The first-order valence-electron chi connectivity index (χ1n) is 4.90. The quantitative estimate of drug-likeness (QED) is 0.658. The van der Waals surface area contributed by atoms with Gasteiger partial charge in [0, 0.05) is 25.5 Å². The van der Waals surface area contributed by atoms with Gasteiger partial charge in [0.1, 0.15) is 6.17 Å². The third-order valence-corrected chi connectivity index (χ3v) is 2.43. The van der Waals surface area contributed by atoms with Crippen LogP contribution in [0.1, 0.15) is 26.7 Å². The minimum absolute atomic E-state index is 0.471. The molecule has 1 atom stereocenters. The molecule has 0 aromatic carbocycles. The molecule has 0 bridgehead atoms. The van der Waals surface area contributed by atoms with Crippen molar-refractivity contribution in [2.24, 2.45) is 0 Å². The molecular weight excluding hydrogens is 162 g/mol. The number of nitriles is 1. The fourth-order valence-corrected chi connectivity index (χ4v) is 1.75. The molecule has 3 heteroatoms. The van der Waals surface area contributed by atoms with Crippen LogP contribution in [0.4, 0.5) is 0 Å². The SMILES string of the molecule is CCC1N(CC)C=CN1CCC#N. The second-order valence-electron chi connectivity index (χ2n) is 3.16. The van der Waals surface area contributed by atoms with Crippen LogP contribution < -0.4 is 0 Å². The van der Waals surface area contributed by atoms with Crippen molar-refractivity contribution in [2.45, 2.75) is 32.9 Å². The van der Waals surface area contributed by atoms with Gasteiger partial charge in [0.05, 0.1) is 12.5 Å². The summed E-state index contributed by atoms with van der Waals surface area (Å²) in [4.78, 5) is 4.55. The van der Waals surface area contributed by atoms with E-state index in [1.165, 1.54) is 0 Å². The summed E-state index contributed by atoms with van der Waals surface area (Å²) in [6.07, 6.45) is 6.39. The molecule has 0 aromatic heterocycles. The summed E-state index contributed by atoms with van der Waals surface area (Å²) in [6, 6.07) is 2.18. The van der Waals surface area contributed by atoms with Crippen LogP contribution in [0, 0.1) is 11.3 Å². The molecule has 0 spiro atoms. The molecule has 0 amide bonds. The van der Waals surface area contributed by atoms with Crippen LogP contribution in [-0.2, 0) is 0 Å². The van der Waals surface area contributed by atoms with Crippen LogP contribution in [0.3, 0.4) is 0 Å². The molecule has 1 heterocycles. The fourth-order valence-electron chi connectivity index (χ4n) is 1.75. The average Bonchev–Trinajstić information content (AvgIpc) is 2.56. The van der Waals surface area contributed by atoms with Crippen molar-refractivity contribution in [1.82, 2.24) is 9.80 Å². The van der Waals surface area contributed by atoms with E-state index in [9.17, 15) is 0 Å². The molecule has 1 aliphatic rings. The predicted octanol–water partition coefficient (Wildman–Crippen LogP) is 1.74. The minimum atomic E-state index is 0.471. The van der Waals surface area contributed by atoms with Crippen LogP contribution >= 0.6 is 0 Å². The maximum atomic E-state index is 8.49. The zero-order chi connectivity index (χ0) is 9.68. The standard InChI is InChI=1S/C10H17N3/c1-3-10-12(4-2)8-9-13(10)7-5-6-11/h8-10H,3-5,7H2,1-2H3. The molecule has 0 N–H and O–H groups in total. The summed E-state index contributed by atoms with van der Waals surface area (Å²) in [7, 11) is 0. The lowest BCUT2D eigenvalue weighted by molar-refractivity contribution is 0.155. The Bertz CT molecular complexity index is 217. The van der Waals surface area contributed by atoms with E-state index >= 15 is 0 Å². The summed E-state index contributed by atoms with van der Waals surface area (Å²) in [6.45, 7) is 6.22. The summed E-state index contributed by atoms with van der Waals surface area (Å²) in [5.74, 6) is 0. The van der Waals surface area contributed by atoms with Crippen molar-refractivity contribution in [1.29, 1.82) is 5.26 Å². The normalized spacial score (nSPS) is 20.8. The van der Waals surface area contributed by atoms with E-state index in [1.54, 1.807) is 0 Å². The first kappa shape index (κ1) is 9.91. The summed E-state index contributed by atoms with van der Waals surface area (Å²) in [5.41, 5.74) is 0. The number of rotatable bonds is 4.